The van der Waals surface area contributed by atoms with Gasteiger partial charge in [-0.3, -0.25) is 9.10 Å². The molecule has 164 valence electrons. The van der Waals surface area contributed by atoms with E-state index < -0.39 is 10.0 Å². The molecule has 0 aliphatic carbocycles. The summed E-state index contributed by atoms with van der Waals surface area (Å²) in [6.07, 6.45) is 7.00. The molecule has 1 aliphatic heterocycles. The molecule has 7 heteroatoms. The standard InChI is InChI=1S/C23H33N3O3S/c1-3-20-12-6-7-16-25(20)17-9-15-24-23(27)18-26(30(2,28)29)22-14-8-11-19-10-4-5-13-21(19)22/h4-5,8,10-11,13-14,20H,3,6-7,9,12,15-18H2,1-2H3,(H,24,27). The fourth-order valence-electron chi connectivity index (χ4n) is 4.32. The van der Waals surface area contributed by atoms with Crippen LogP contribution in [-0.2, 0) is 14.8 Å². The van der Waals surface area contributed by atoms with Crippen LogP contribution >= 0.6 is 0 Å². The van der Waals surface area contributed by atoms with E-state index in [-0.39, 0.29) is 12.5 Å². The van der Waals surface area contributed by atoms with Crippen LogP contribution in [0.15, 0.2) is 42.5 Å². The molecule has 1 fully saturated rings. The van der Waals surface area contributed by atoms with Crippen molar-refractivity contribution in [1.29, 1.82) is 0 Å². The number of carbonyl (C=O) groups excluding carboxylic acids is 1. The zero-order chi connectivity index (χ0) is 21.6. The van der Waals surface area contributed by atoms with Crippen LogP contribution < -0.4 is 9.62 Å². The number of amides is 1. The number of hydrogen-bond acceptors (Lipinski definition) is 4. The highest BCUT2D eigenvalue weighted by molar-refractivity contribution is 7.92. The minimum Gasteiger partial charge on any atom is -0.354 e. The summed E-state index contributed by atoms with van der Waals surface area (Å²) in [6, 6.07) is 13.7. The van der Waals surface area contributed by atoms with Gasteiger partial charge in [0.25, 0.3) is 0 Å². The minimum absolute atomic E-state index is 0.214. The van der Waals surface area contributed by atoms with Crippen LogP contribution in [0.5, 0.6) is 0 Å². The van der Waals surface area contributed by atoms with E-state index in [1.54, 1.807) is 6.07 Å². The number of anilines is 1. The Hall–Kier alpha value is -2.12. The summed E-state index contributed by atoms with van der Waals surface area (Å²) in [4.78, 5) is 15.1. The summed E-state index contributed by atoms with van der Waals surface area (Å²) in [6.45, 7) is 4.68. The zero-order valence-electron chi connectivity index (χ0n) is 18.0. The molecule has 1 N–H and O–H groups in total. The number of nitrogens with zero attached hydrogens (tertiary/aromatic N) is 2. The number of rotatable bonds is 9. The van der Waals surface area contributed by atoms with Crippen LogP contribution in [0.4, 0.5) is 5.69 Å². The first kappa shape index (κ1) is 22.6. The SMILES string of the molecule is CCC1CCCCN1CCCNC(=O)CN(c1cccc2ccccc12)S(C)(=O)=O. The van der Waals surface area contributed by atoms with Crippen molar-refractivity contribution < 1.29 is 13.2 Å². The van der Waals surface area contributed by atoms with Crippen LogP contribution in [0, 0.1) is 0 Å². The van der Waals surface area contributed by atoms with Crippen molar-refractivity contribution in [3.05, 3.63) is 42.5 Å². The third kappa shape index (κ3) is 5.73. The van der Waals surface area contributed by atoms with Crippen LogP contribution in [-0.4, -0.2) is 57.7 Å². The Balaban J connectivity index is 1.60. The minimum atomic E-state index is -3.60. The molecule has 2 aromatic carbocycles. The van der Waals surface area contributed by atoms with E-state index in [2.05, 4.69) is 17.1 Å². The molecular formula is C23H33N3O3S. The molecule has 6 nitrogen and oxygen atoms in total. The van der Waals surface area contributed by atoms with Crippen molar-refractivity contribution in [2.24, 2.45) is 0 Å². The van der Waals surface area contributed by atoms with Gasteiger partial charge in [0.2, 0.25) is 15.9 Å². The molecule has 1 heterocycles. The monoisotopic (exact) mass is 431 g/mol. The normalized spacial score (nSPS) is 17.7. The second-order valence-electron chi connectivity index (χ2n) is 8.07. The molecule has 2 aromatic rings. The summed E-state index contributed by atoms with van der Waals surface area (Å²) in [5, 5.41) is 4.66. The number of fused-ring (bicyclic) bond motifs is 1. The van der Waals surface area contributed by atoms with Crippen LogP contribution in [0.1, 0.15) is 39.0 Å². The molecule has 30 heavy (non-hydrogen) atoms. The lowest BCUT2D eigenvalue weighted by Gasteiger charge is -2.35. The van der Waals surface area contributed by atoms with E-state index >= 15 is 0 Å². The van der Waals surface area contributed by atoms with Crippen molar-refractivity contribution in [3.63, 3.8) is 0 Å². The van der Waals surface area contributed by atoms with Gasteiger partial charge in [-0.15, -0.1) is 0 Å². The number of benzene rings is 2. The summed E-state index contributed by atoms with van der Waals surface area (Å²) in [5.74, 6) is -0.279. The highest BCUT2D eigenvalue weighted by atomic mass is 32.2. The Morgan fingerprint density at radius 3 is 2.70 bits per heavy atom. The van der Waals surface area contributed by atoms with Gasteiger partial charge in [0, 0.05) is 24.5 Å². The molecule has 3 rings (SSSR count). The molecule has 0 bridgehead atoms. The molecule has 0 spiro atoms. The number of sulfonamides is 1. The van der Waals surface area contributed by atoms with Crippen LogP contribution in [0.3, 0.4) is 0 Å². The van der Waals surface area contributed by atoms with Crippen LogP contribution in [0.25, 0.3) is 10.8 Å². The first-order chi connectivity index (χ1) is 14.4. The molecule has 1 amide bonds. The van der Waals surface area contributed by atoms with Crippen LogP contribution in [0.2, 0.25) is 0 Å². The first-order valence-corrected chi connectivity index (χ1v) is 12.7. The molecule has 1 aliphatic rings. The van der Waals surface area contributed by atoms with E-state index in [9.17, 15) is 13.2 Å². The van der Waals surface area contributed by atoms with E-state index in [4.69, 9.17) is 0 Å². The van der Waals surface area contributed by atoms with Gasteiger partial charge >= 0.3 is 0 Å². The number of nitrogens with one attached hydrogen (secondary N) is 1. The summed E-state index contributed by atoms with van der Waals surface area (Å²) < 4.78 is 26.1. The maximum absolute atomic E-state index is 12.6. The maximum Gasteiger partial charge on any atom is 0.240 e. The molecule has 0 saturated carbocycles. The van der Waals surface area contributed by atoms with Gasteiger partial charge < -0.3 is 10.2 Å². The van der Waals surface area contributed by atoms with E-state index in [0.29, 0.717) is 18.3 Å². The number of carbonyl (C=O) groups is 1. The quantitative estimate of drug-likeness (QED) is 0.618. The molecule has 1 atom stereocenters. The van der Waals surface area contributed by atoms with Crippen molar-refractivity contribution in [2.75, 3.05) is 36.7 Å². The van der Waals surface area contributed by atoms with Gasteiger partial charge in [-0.1, -0.05) is 49.7 Å². The average molecular weight is 432 g/mol. The maximum atomic E-state index is 12.6. The predicted octanol–water partition coefficient (Wildman–Crippen LogP) is 3.38. The Morgan fingerprint density at radius 1 is 1.17 bits per heavy atom. The zero-order valence-corrected chi connectivity index (χ0v) is 18.8. The first-order valence-electron chi connectivity index (χ1n) is 10.9. The summed E-state index contributed by atoms with van der Waals surface area (Å²) in [5.41, 5.74) is 0.532. The predicted molar refractivity (Wildman–Crippen MR) is 123 cm³/mol. The van der Waals surface area contributed by atoms with E-state index in [1.165, 1.54) is 30.0 Å². The molecule has 0 aromatic heterocycles. The van der Waals surface area contributed by atoms with Gasteiger partial charge in [0.1, 0.15) is 6.54 Å². The Bertz CT molecular complexity index is 956. The number of likely N-dealkylation sites (tertiary alicyclic amines) is 1. The van der Waals surface area contributed by atoms with Crippen molar-refractivity contribution in [3.8, 4) is 0 Å². The summed E-state index contributed by atoms with van der Waals surface area (Å²) in [7, 11) is -3.60. The lowest BCUT2D eigenvalue weighted by atomic mass is 10.00. The fourth-order valence-corrected chi connectivity index (χ4v) is 5.19. The highest BCUT2D eigenvalue weighted by Crippen LogP contribution is 2.28. The number of hydrogen-bond donors (Lipinski definition) is 1. The summed E-state index contributed by atoms with van der Waals surface area (Å²) >= 11 is 0. The molecule has 1 unspecified atom stereocenters. The third-order valence-electron chi connectivity index (χ3n) is 5.89. The molecule has 1 saturated heterocycles. The van der Waals surface area contributed by atoms with E-state index in [1.807, 2.05) is 36.4 Å². The lowest BCUT2D eigenvalue weighted by molar-refractivity contribution is -0.119. The smallest absolute Gasteiger partial charge is 0.240 e. The van der Waals surface area contributed by atoms with Crippen molar-refractivity contribution >= 4 is 32.4 Å². The topological polar surface area (TPSA) is 69.7 Å². The van der Waals surface area contributed by atoms with Crippen molar-refractivity contribution in [1.82, 2.24) is 10.2 Å². The Labute approximate surface area is 180 Å². The number of piperidine rings is 1. The van der Waals surface area contributed by atoms with Gasteiger partial charge in [-0.2, -0.15) is 0 Å². The third-order valence-corrected chi connectivity index (χ3v) is 7.01. The largest absolute Gasteiger partial charge is 0.354 e. The second kappa shape index (κ2) is 10.3. The van der Waals surface area contributed by atoms with Gasteiger partial charge in [-0.05, 0) is 43.7 Å². The molecular weight excluding hydrogens is 398 g/mol. The average Bonchev–Trinajstić information content (AvgIpc) is 2.74. The van der Waals surface area contributed by atoms with Crippen molar-refractivity contribution in [2.45, 2.75) is 45.1 Å². The van der Waals surface area contributed by atoms with Gasteiger partial charge in [-0.25, -0.2) is 8.42 Å². The van der Waals surface area contributed by atoms with E-state index in [0.717, 1.165) is 36.5 Å². The fraction of sp³-hybridized carbons (Fsp3) is 0.522. The second-order valence-corrected chi connectivity index (χ2v) is 9.97. The van der Waals surface area contributed by atoms with Gasteiger partial charge in [0.05, 0.1) is 11.9 Å². The lowest BCUT2D eigenvalue weighted by Crippen LogP contribution is -2.42. The van der Waals surface area contributed by atoms with Gasteiger partial charge in [0.15, 0.2) is 0 Å². The molecule has 0 radical (unpaired) electrons. The highest BCUT2D eigenvalue weighted by Gasteiger charge is 2.23. The Morgan fingerprint density at radius 2 is 1.93 bits per heavy atom. The Kier molecular flexibility index (Phi) is 7.72.